The Morgan fingerprint density at radius 3 is 0.993 bits per heavy atom. The first-order valence-corrected chi connectivity index (χ1v) is 46.5. The molecule has 36 nitrogen and oxygen atoms in total. The Morgan fingerprint density at radius 1 is 0.313 bits per heavy atom. The largest absolute Gasteiger partial charge is 0.395 e. The first-order chi connectivity index (χ1) is 63.5. The van der Waals surface area contributed by atoms with Crippen LogP contribution in [-0.4, -0.2) is 219 Å². The van der Waals surface area contributed by atoms with Crippen LogP contribution < -0.4 is 85.1 Å². The van der Waals surface area contributed by atoms with Crippen LogP contribution in [0.5, 0.6) is 0 Å². The average molecular weight is 1860 g/mol. The van der Waals surface area contributed by atoms with E-state index in [9.17, 15) is 53.1 Å². The molecule has 0 aliphatic heterocycles. The summed E-state index contributed by atoms with van der Waals surface area (Å²) in [6.45, 7) is 30.0. The second-order valence-electron chi connectivity index (χ2n) is 37.5. The van der Waals surface area contributed by atoms with Gasteiger partial charge in [0.05, 0.1) is 13.2 Å². The fraction of sp³-hybridized carbons (Fsp3) is 0.531. The number of carbonyl (C=O) groups excluding carboxylic acids is 16. The second kappa shape index (κ2) is 52.4. The number of benzene rings is 4. The maximum Gasteiger partial charge on any atom is 0.243 e. The number of para-hydroxylation sites is 3. The number of rotatable bonds is 54. The van der Waals surface area contributed by atoms with Crippen LogP contribution in [0, 0.1) is 47.3 Å². The monoisotopic (exact) mass is 1860 g/mol. The number of amides is 16. The molecule has 0 aliphatic carbocycles. The van der Waals surface area contributed by atoms with Crippen molar-refractivity contribution in [2.24, 2.45) is 47.3 Å². The number of aromatic amines is 3. The highest BCUT2D eigenvalue weighted by atomic mass is 16.3. The number of fused-ring (bicyclic) bond motifs is 3. The minimum absolute atomic E-state index is 0.000513. The number of hydrogen-bond acceptors (Lipinski definition) is 17. The SMILES string of the molecule is CC[C@H](C)[C@H](NC=O)C(=O)NCC(=O)N[C@@H](C)C(=O)N[C@H](CC(C)C)C(=O)N[C@@H](C)C(=O)N[C@@H](C(=O)N[C@H](CC(C)C)C(=O)N[C@@H](Cc1ccccc1)C(=O)N[C@H](CC(C)C)C(=O)N[C@@H](Cc1c[nH]c2ccccc12)C(=O)N[C@@H](C(=O)N[C@H](C(=O)N[C@@H](Cc1c[nH]c2ccccc12)C(=O)N[C@H](CC(C)C)C(=O)N[C@@H](Cc1c[nH]c2ccccc12)C(=O)NCCO)C(C)C)C(C)C)C(C)C. The normalized spacial score (nSPS) is 14.9. The van der Waals surface area contributed by atoms with Gasteiger partial charge in [-0.25, -0.2) is 0 Å². The quantitative estimate of drug-likeness (QED) is 0.0237. The van der Waals surface area contributed by atoms with Gasteiger partial charge in [0.2, 0.25) is 95.0 Å². The molecule has 0 spiro atoms. The number of aliphatic hydroxyl groups excluding tert-OH is 1. The summed E-state index contributed by atoms with van der Waals surface area (Å²) in [5.41, 5.74) is 4.81. The molecule has 0 radical (unpaired) electrons. The van der Waals surface area contributed by atoms with Gasteiger partial charge < -0.3 is 105 Å². The van der Waals surface area contributed by atoms with Crippen molar-refractivity contribution in [2.45, 2.75) is 267 Å². The van der Waals surface area contributed by atoms with Crippen LogP contribution in [0.2, 0.25) is 0 Å². The summed E-state index contributed by atoms with van der Waals surface area (Å²) in [7, 11) is 0. The Labute approximate surface area is 783 Å². The first-order valence-electron chi connectivity index (χ1n) is 46.5. The molecular formula is C98H141N19O17. The van der Waals surface area contributed by atoms with E-state index in [0.717, 1.165) is 27.4 Å². The van der Waals surface area contributed by atoms with Gasteiger partial charge in [0.15, 0.2) is 0 Å². The topological polar surface area (TPSA) is 533 Å². The third-order valence-corrected chi connectivity index (χ3v) is 23.3. The first kappa shape index (κ1) is 108. The van der Waals surface area contributed by atoms with Crippen LogP contribution in [-0.2, 0) is 102 Å². The number of carbonyl (C=O) groups is 16. The van der Waals surface area contributed by atoms with Crippen molar-refractivity contribution in [3.63, 3.8) is 0 Å². The van der Waals surface area contributed by atoms with Crippen LogP contribution in [0.15, 0.2) is 122 Å². The molecule has 16 amide bonds. The van der Waals surface area contributed by atoms with Crippen molar-refractivity contribution in [3.05, 3.63) is 144 Å². The molecule has 134 heavy (non-hydrogen) atoms. The molecule has 0 aliphatic rings. The smallest absolute Gasteiger partial charge is 0.243 e. The predicted molar refractivity (Wildman–Crippen MR) is 510 cm³/mol. The number of H-pyrrole nitrogens is 3. The van der Waals surface area contributed by atoms with Gasteiger partial charge in [-0.2, -0.15) is 0 Å². The molecule has 0 fully saturated rings. The van der Waals surface area contributed by atoms with Crippen LogP contribution in [0.3, 0.4) is 0 Å². The van der Waals surface area contributed by atoms with Crippen molar-refractivity contribution in [1.29, 1.82) is 0 Å². The van der Waals surface area contributed by atoms with Crippen LogP contribution >= 0.6 is 0 Å². The highest BCUT2D eigenvalue weighted by Gasteiger charge is 2.41. The lowest BCUT2D eigenvalue weighted by molar-refractivity contribution is -0.137. The molecule has 0 bridgehead atoms. The van der Waals surface area contributed by atoms with Crippen LogP contribution in [0.1, 0.15) is 179 Å². The molecule has 0 saturated carbocycles. The van der Waals surface area contributed by atoms with Crippen LogP contribution in [0.25, 0.3) is 32.7 Å². The molecule has 7 rings (SSSR count). The van der Waals surface area contributed by atoms with E-state index in [1.54, 1.807) is 117 Å². The molecule has 0 unspecified atom stereocenters. The van der Waals surface area contributed by atoms with Gasteiger partial charge in [-0.15, -0.1) is 0 Å². The van der Waals surface area contributed by atoms with E-state index in [1.807, 2.05) is 115 Å². The Kier molecular flexibility index (Phi) is 42.3. The van der Waals surface area contributed by atoms with Crippen LogP contribution in [0.4, 0.5) is 0 Å². The van der Waals surface area contributed by atoms with Crippen molar-refractivity contribution < 1.29 is 81.8 Å². The molecule has 3 aromatic heterocycles. The van der Waals surface area contributed by atoms with E-state index < -0.39 is 197 Å². The fourth-order valence-corrected chi connectivity index (χ4v) is 15.7. The molecule has 15 atom stereocenters. The Morgan fingerprint density at radius 2 is 0.612 bits per heavy atom. The third-order valence-electron chi connectivity index (χ3n) is 23.3. The minimum atomic E-state index is -1.47. The van der Waals surface area contributed by atoms with Gasteiger partial charge in [-0.1, -0.05) is 202 Å². The van der Waals surface area contributed by atoms with E-state index in [-0.39, 0.29) is 94.1 Å². The van der Waals surface area contributed by atoms with Gasteiger partial charge in [0.1, 0.15) is 84.6 Å². The summed E-state index contributed by atoms with van der Waals surface area (Å²) < 4.78 is 0. The number of hydrogen-bond donors (Lipinski definition) is 20. The van der Waals surface area contributed by atoms with Gasteiger partial charge in [0, 0.05) is 83.5 Å². The van der Waals surface area contributed by atoms with E-state index in [4.69, 9.17) is 0 Å². The maximum absolute atomic E-state index is 15.4. The summed E-state index contributed by atoms with van der Waals surface area (Å²) in [5.74, 6) is -14.4. The summed E-state index contributed by atoms with van der Waals surface area (Å²) in [5, 5.41) is 55.8. The van der Waals surface area contributed by atoms with Gasteiger partial charge in [-0.3, -0.25) is 76.7 Å². The maximum atomic E-state index is 15.4. The molecular weight excluding hydrogens is 1720 g/mol. The molecule has 36 heteroatoms. The molecule has 20 N–H and O–H groups in total. The highest BCUT2D eigenvalue weighted by molar-refractivity contribution is 6.02. The second-order valence-corrected chi connectivity index (χ2v) is 37.5. The van der Waals surface area contributed by atoms with Crippen molar-refractivity contribution >= 4 is 128 Å². The Balaban J connectivity index is 1.08. The van der Waals surface area contributed by atoms with Gasteiger partial charge in [-0.05, 0) is 127 Å². The summed E-state index contributed by atoms with van der Waals surface area (Å²) >= 11 is 0. The Hall–Kier alpha value is -13.0. The van der Waals surface area contributed by atoms with E-state index in [0.29, 0.717) is 40.4 Å². The van der Waals surface area contributed by atoms with Crippen molar-refractivity contribution in [3.8, 4) is 0 Å². The standard InChI is InChI=1S/C98H141N19O17/c1-19-59(16)84(104-51-119)95(131)103-50-80(120)105-60(17)85(121)107-72(39-52(2)3)88(124)106-61(18)86(122)115-81(56(10)11)96(132)113-75(42-55(8)9)91(127)110-76(43-62-29-21-20-22-30-62)92(128)108-74(41-54(6)7)90(126)112-79(46-65-49-102-71-36-28-25-33-68(65)71)94(130)116-83(58(14)15)98(134)117-82(57(12)13)97(133)114-78(45-64-48-101-70-35-27-24-32-67(64)70)93(129)109-73(40-53(4)5)89(125)111-77(87(123)99-37-38-118)44-63-47-100-69-34-26-23-31-66(63)69/h20-36,47-49,51-61,72-79,81-84,100-102,118H,19,37-46,50H2,1-18H3,(H,99,123)(H,103,131)(H,104,119)(H,105,120)(H,106,124)(H,107,121)(H,108,128)(H,109,129)(H,110,127)(H,111,125)(H,112,126)(H,113,132)(H,114,133)(H,115,122)(H,116,130)(H,117,134)/t59-,60-,61-,72+,73+,74+,75+,76-,77-,78-,79-,81+,82-,83+,84-/m0/s1. The summed E-state index contributed by atoms with van der Waals surface area (Å²) in [6, 6.07) is 12.7. The minimum Gasteiger partial charge on any atom is -0.395 e. The molecule has 3 heterocycles. The zero-order chi connectivity index (χ0) is 98.9. The molecule has 4 aromatic carbocycles. The Bertz CT molecular complexity index is 5160. The summed E-state index contributed by atoms with van der Waals surface area (Å²) in [4.78, 5) is 238. The fourth-order valence-electron chi connectivity index (χ4n) is 15.7. The number of aromatic nitrogens is 3. The van der Waals surface area contributed by atoms with Crippen molar-refractivity contribution in [2.75, 3.05) is 19.7 Å². The lowest BCUT2D eigenvalue weighted by Gasteiger charge is -2.30. The van der Waals surface area contributed by atoms with Gasteiger partial charge in [0.25, 0.3) is 0 Å². The molecule has 7 aromatic rings. The predicted octanol–water partition coefficient (Wildman–Crippen LogP) is 4.28. The third kappa shape index (κ3) is 32.7. The molecule has 0 saturated heterocycles. The zero-order valence-electron chi connectivity index (χ0n) is 80.3. The van der Waals surface area contributed by atoms with Crippen molar-refractivity contribution in [1.82, 2.24) is 100 Å². The van der Waals surface area contributed by atoms with E-state index in [2.05, 4.69) is 100 Å². The number of nitrogens with one attached hydrogen (secondary N) is 19. The van der Waals surface area contributed by atoms with E-state index >= 15 is 28.8 Å². The zero-order valence-corrected chi connectivity index (χ0v) is 80.3. The summed E-state index contributed by atoms with van der Waals surface area (Å²) in [6.07, 6.45) is 5.98. The lowest BCUT2D eigenvalue weighted by Crippen LogP contribution is -2.62. The van der Waals surface area contributed by atoms with E-state index in [1.165, 1.54) is 13.8 Å². The number of aliphatic hydroxyl groups is 1. The van der Waals surface area contributed by atoms with Gasteiger partial charge >= 0.3 is 0 Å². The molecule has 730 valence electrons. The lowest BCUT2D eigenvalue weighted by atomic mass is 9.97. The highest BCUT2D eigenvalue weighted by Crippen LogP contribution is 2.25. The average Bonchev–Trinajstić information content (AvgIpc) is 1.65.